The lowest BCUT2D eigenvalue weighted by Crippen LogP contribution is -2.25. The maximum atomic E-state index is 13.6. The quantitative estimate of drug-likeness (QED) is 0.418. The topological polar surface area (TPSA) is 126 Å². The van der Waals surface area contributed by atoms with Crippen LogP contribution in [0.25, 0.3) is 0 Å². The van der Waals surface area contributed by atoms with Crippen LogP contribution in [-0.2, 0) is 15.8 Å². The number of hydrogen-bond donors (Lipinski definition) is 3. The minimum absolute atomic E-state index is 0.112. The van der Waals surface area contributed by atoms with E-state index < -0.39 is 40.4 Å². The number of aryl methyl sites for hydroxylation is 1. The van der Waals surface area contributed by atoms with Crippen molar-refractivity contribution in [2.75, 3.05) is 21.7 Å². The first-order valence-corrected chi connectivity index (χ1v) is 10.8. The summed E-state index contributed by atoms with van der Waals surface area (Å²) in [6.45, 7) is 3.19. The van der Waals surface area contributed by atoms with E-state index in [1.807, 2.05) is 0 Å². The molecule has 0 spiro atoms. The number of furan rings is 1. The molecule has 9 nitrogen and oxygen atoms in total. The predicted octanol–water partition coefficient (Wildman–Crippen LogP) is 4.55. The minimum Gasteiger partial charge on any atom is -0.472 e. The Bertz CT molecular complexity index is 1180. The average molecular weight is 496 g/mol. The maximum Gasteiger partial charge on any atom is 0.418 e. The first kappa shape index (κ1) is 24.9. The fraction of sp³-hybridized carbons (Fsp3) is 0.238. The molecule has 3 amide bonds. The van der Waals surface area contributed by atoms with Gasteiger partial charge in [0.25, 0.3) is 5.91 Å². The van der Waals surface area contributed by atoms with Crippen molar-refractivity contribution in [1.29, 1.82) is 0 Å². The molecule has 0 fully saturated rings. The number of aromatic nitrogens is 1. The van der Waals surface area contributed by atoms with Gasteiger partial charge in [-0.1, -0.05) is 5.16 Å². The van der Waals surface area contributed by atoms with Crippen molar-refractivity contribution in [3.8, 4) is 0 Å². The van der Waals surface area contributed by atoms with Crippen LogP contribution in [0, 0.1) is 6.92 Å². The number of amides is 3. The van der Waals surface area contributed by atoms with Gasteiger partial charge in [0.2, 0.25) is 11.8 Å². The summed E-state index contributed by atoms with van der Waals surface area (Å²) in [5.41, 5.74) is -1.59. The molecule has 13 heteroatoms. The molecule has 0 saturated carbocycles. The molecule has 180 valence electrons. The number of alkyl halides is 3. The Kier molecular flexibility index (Phi) is 7.66. The lowest BCUT2D eigenvalue weighted by atomic mass is 10.1. The Labute approximate surface area is 195 Å². The van der Waals surface area contributed by atoms with Crippen LogP contribution in [0.15, 0.2) is 51.8 Å². The number of nitrogens with one attached hydrogen (secondary N) is 3. The largest absolute Gasteiger partial charge is 0.472 e. The summed E-state index contributed by atoms with van der Waals surface area (Å²) in [6.07, 6.45) is -2.39. The van der Waals surface area contributed by atoms with E-state index in [-0.39, 0.29) is 22.8 Å². The van der Waals surface area contributed by atoms with Crippen molar-refractivity contribution < 1.29 is 36.5 Å². The molecule has 0 aliphatic carbocycles. The van der Waals surface area contributed by atoms with Gasteiger partial charge in [-0.2, -0.15) is 13.2 Å². The van der Waals surface area contributed by atoms with Crippen LogP contribution in [0.4, 0.5) is 30.4 Å². The lowest BCUT2D eigenvalue weighted by molar-refractivity contribution is -0.137. The summed E-state index contributed by atoms with van der Waals surface area (Å²) >= 11 is 0.932. The fourth-order valence-electron chi connectivity index (χ4n) is 2.68. The molecule has 3 aromatic rings. The van der Waals surface area contributed by atoms with E-state index >= 15 is 0 Å². The molecule has 3 N–H and O–H groups in total. The van der Waals surface area contributed by atoms with Crippen LogP contribution in [0.5, 0.6) is 0 Å². The number of thioether (sulfide) groups is 1. The highest BCUT2D eigenvalue weighted by atomic mass is 32.2. The zero-order chi connectivity index (χ0) is 24.9. The summed E-state index contributed by atoms with van der Waals surface area (Å²) in [4.78, 5) is 36.5. The molecule has 0 radical (unpaired) electrons. The summed E-state index contributed by atoms with van der Waals surface area (Å²) in [5, 5.41) is 10.00. The molecule has 1 aromatic carbocycles. The Hall–Kier alpha value is -3.74. The molecule has 0 aliphatic rings. The third-order valence-corrected chi connectivity index (χ3v) is 5.50. The van der Waals surface area contributed by atoms with E-state index in [4.69, 9.17) is 8.94 Å². The second-order valence-corrected chi connectivity index (χ2v) is 8.37. The van der Waals surface area contributed by atoms with Crippen molar-refractivity contribution in [1.82, 2.24) is 5.16 Å². The predicted molar refractivity (Wildman–Crippen MR) is 119 cm³/mol. The molecule has 2 heterocycles. The summed E-state index contributed by atoms with van der Waals surface area (Å²) in [7, 11) is 0. The van der Waals surface area contributed by atoms with Crippen molar-refractivity contribution >= 4 is 46.7 Å². The molecule has 1 unspecified atom stereocenters. The van der Waals surface area contributed by atoms with Gasteiger partial charge in [0.1, 0.15) is 12.0 Å². The van der Waals surface area contributed by atoms with E-state index in [1.54, 1.807) is 13.8 Å². The first-order chi connectivity index (χ1) is 16.0. The Morgan fingerprint density at radius 1 is 1.12 bits per heavy atom. The highest BCUT2D eigenvalue weighted by Crippen LogP contribution is 2.37. The molecular formula is C21H19F3N4O5S. The highest BCUT2D eigenvalue weighted by molar-refractivity contribution is 8.01. The van der Waals surface area contributed by atoms with Gasteiger partial charge in [0.15, 0.2) is 5.82 Å². The number of rotatable bonds is 8. The van der Waals surface area contributed by atoms with Crippen LogP contribution in [-0.4, -0.2) is 33.9 Å². The van der Waals surface area contributed by atoms with E-state index in [0.717, 1.165) is 30.2 Å². The normalized spacial score (nSPS) is 12.1. The van der Waals surface area contributed by atoms with Crippen LogP contribution in [0.1, 0.15) is 28.6 Å². The lowest BCUT2D eigenvalue weighted by Gasteiger charge is -2.16. The van der Waals surface area contributed by atoms with Gasteiger partial charge in [-0.3, -0.25) is 14.4 Å². The highest BCUT2D eigenvalue weighted by Gasteiger charge is 2.34. The average Bonchev–Trinajstić information content (AvgIpc) is 3.44. The molecule has 0 saturated heterocycles. The Morgan fingerprint density at radius 3 is 2.50 bits per heavy atom. The van der Waals surface area contributed by atoms with Gasteiger partial charge in [0.05, 0.1) is 34.1 Å². The molecule has 34 heavy (non-hydrogen) atoms. The Morgan fingerprint density at radius 2 is 1.88 bits per heavy atom. The number of carbonyl (C=O) groups is 3. The minimum atomic E-state index is -4.80. The zero-order valence-electron chi connectivity index (χ0n) is 17.9. The van der Waals surface area contributed by atoms with Crippen LogP contribution >= 0.6 is 11.8 Å². The molecular weight excluding hydrogens is 477 g/mol. The third kappa shape index (κ3) is 6.63. The van der Waals surface area contributed by atoms with Crippen molar-refractivity contribution in [3.63, 3.8) is 0 Å². The number of halogens is 3. The number of carbonyl (C=O) groups excluding carboxylic acids is 3. The summed E-state index contributed by atoms with van der Waals surface area (Å²) in [6, 6.07) is 5.87. The maximum absolute atomic E-state index is 13.6. The van der Waals surface area contributed by atoms with Gasteiger partial charge < -0.3 is 24.9 Å². The van der Waals surface area contributed by atoms with E-state index in [9.17, 15) is 27.6 Å². The van der Waals surface area contributed by atoms with Crippen LogP contribution in [0.2, 0.25) is 0 Å². The summed E-state index contributed by atoms with van der Waals surface area (Å²) in [5.74, 6) is -1.38. The monoisotopic (exact) mass is 496 g/mol. The van der Waals surface area contributed by atoms with Crippen molar-refractivity contribution in [3.05, 3.63) is 59.7 Å². The van der Waals surface area contributed by atoms with Crippen LogP contribution < -0.4 is 16.0 Å². The van der Waals surface area contributed by atoms with Gasteiger partial charge in [-0.05, 0) is 38.1 Å². The van der Waals surface area contributed by atoms with Gasteiger partial charge in [-0.15, -0.1) is 11.8 Å². The fourth-order valence-corrected chi connectivity index (χ4v) is 3.36. The SMILES string of the molecule is Cc1cc(NC(=O)C(C)SCC(=O)Nc2ccc(NC(=O)c3ccoc3)cc2C(F)(F)F)no1. The van der Waals surface area contributed by atoms with Gasteiger partial charge in [0, 0.05) is 11.8 Å². The smallest absolute Gasteiger partial charge is 0.418 e. The number of anilines is 3. The Balaban J connectivity index is 1.61. The van der Waals surface area contributed by atoms with Crippen molar-refractivity contribution in [2.45, 2.75) is 25.3 Å². The molecule has 1 atom stereocenters. The number of hydrogen-bond acceptors (Lipinski definition) is 7. The second kappa shape index (κ2) is 10.5. The van der Waals surface area contributed by atoms with Crippen molar-refractivity contribution in [2.24, 2.45) is 0 Å². The summed E-state index contributed by atoms with van der Waals surface area (Å²) < 4.78 is 50.3. The van der Waals surface area contributed by atoms with Gasteiger partial charge in [-0.25, -0.2) is 0 Å². The number of benzene rings is 1. The first-order valence-electron chi connectivity index (χ1n) is 9.73. The third-order valence-electron chi connectivity index (χ3n) is 4.35. The van der Waals surface area contributed by atoms with Gasteiger partial charge >= 0.3 is 6.18 Å². The second-order valence-electron chi connectivity index (χ2n) is 7.04. The molecule has 3 rings (SSSR count). The molecule has 2 aromatic heterocycles. The van der Waals surface area contributed by atoms with Crippen LogP contribution in [0.3, 0.4) is 0 Å². The van der Waals surface area contributed by atoms with E-state index in [2.05, 4.69) is 21.1 Å². The van der Waals surface area contributed by atoms with E-state index in [0.29, 0.717) is 5.76 Å². The molecule has 0 aliphatic heterocycles. The molecule has 0 bridgehead atoms. The standard InChI is InChI=1S/C21H19F3N4O5S/c1-11-7-17(28-33-11)27-19(30)12(2)34-10-18(29)26-16-4-3-14(8-15(16)21(22,23)24)25-20(31)13-5-6-32-9-13/h3-9,12H,10H2,1-2H3,(H,25,31)(H,26,29)(H,27,28,30). The van der Waals surface area contributed by atoms with E-state index in [1.165, 1.54) is 24.5 Å². The zero-order valence-corrected chi connectivity index (χ0v) is 18.7. The number of nitrogens with zero attached hydrogens (tertiary/aromatic N) is 1.